The van der Waals surface area contributed by atoms with Crippen LogP contribution in [0.3, 0.4) is 0 Å². The molecular formula is C12H22F3IN4O. The molecule has 0 atom stereocenters. The molecule has 2 N–H and O–H groups in total. The third-order valence-corrected chi connectivity index (χ3v) is 3.15. The zero-order valence-electron chi connectivity index (χ0n) is 12.0. The number of nitrogens with two attached hydrogens (primary N) is 1. The summed E-state index contributed by atoms with van der Waals surface area (Å²) >= 11 is 0. The van der Waals surface area contributed by atoms with Gasteiger partial charge in [0.1, 0.15) is 13.1 Å². The lowest BCUT2D eigenvalue weighted by Gasteiger charge is -2.22. The van der Waals surface area contributed by atoms with E-state index in [2.05, 4.69) is 4.99 Å². The van der Waals surface area contributed by atoms with Crippen LogP contribution >= 0.6 is 24.0 Å². The highest BCUT2D eigenvalue weighted by atomic mass is 127. The van der Waals surface area contributed by atoms with Gasteiger partial charge in [-0.2, -0.15) is 13.2 Å². The van der Waals surface area contributed by atoms with E-state index in [0.29, 0.717) is 4.90 Å². The Labute approximate surface area is 139 Å². The molecule has 0 aromatic carbocycles. The Bertz CT molecular complexity index is 355. The molecule has 124 valence electrons. The van der Waals surface area contributed by atoms with E-state index in [0.717, 1.165) is 45.8 Å². The molecule has 0 aromatic rings. The molecule has 0 aliphatic carbocycles. The van der Waals surface area contributed by atoms with Crippen molar-refractivity contribution in [2.45, 2.75) is 31.9 Å². The van der Waals surface area contributed by atoms with E-state index in [4.69, 9.17) is 5.73 Å². The first-order valence-electron chi connectivity index (χ1n) is 6.65. The van der Waals surface area contributed by atoms with Crippen LogP contribution in [0.2, 0.25) is 0 Å². The molecule has 0 spiro atoms. The van der Waals surface area contributed by atoms with Crippen molar-refractivity contribution in [3.8, 4) is 0 Å². The molecular weight excluding hydrogens is 400 g/mol. The normalized spacial score (nSPS) is 17.0. The van der Waals surface area contributed by atoms with Crippen molar-refractivity contribution < 1.29 is 18.0 Å². The molecule has 1 fully saturated rings. The van der Waals surface area contributed by atoms with Crippen molar-refractivity contribution in [3.63, 3.8) is 0 Å². The van der Waals surface area contributed by atoms with E-state index in [1.807, 2.05) is 4.90 Å². The van der Waals surface area contributed by atoms with Crippen LogP contribution in [0.25, 0.3) is 0 Å². The summed E-state index contributed by atoms with van der Waals surface area (Å²) in [5.41, 5.74) is 5.78. The summed E-state index contributed by atoms with van der Waals surface area (Å²) in [4.78, 5) is 17.9. The lowest BCUT2D eigenvalue weighted by molar-refractivity contribution is -0.157. The topological polar surface area (TPSA) is 61.9 Å². The summed E-state index contributed by atoms with van der Waals surface area (Å²) in [5.74, 6) is -0.458. The quantitative estimate of drug-likeness (QED) is 0.429. The molecule has 1 aliphatic rings. The summed E-state index contributed by atoms with van der Waals surface area (Å²) in [5, 5.41) is 0. The fourth-order valence-corrected chi connectivity index (χ4v) is 2.03. The minimum atomic E-state index is -4.40. The maximum atomic E-state index is 12.1. The summed E-state index contributed by atoms with van der Waals surface area (Å²) < 4.78 is 36.4. The molecule has 0 bridgehead atoms. The number of halogens is 4. The standard InChI is InChI=1S/C12H21F3N4O.HI/c1-18(9-12(13,14)15)10(20)8-17-11(16)19-6-4-2-3-5-7-19;/h2-9H2,1H3,(H2,16,17);1H. The van der Waals surface area contributed by atoms with Crippen molar-refractivity contribution in [2.75, 3.05) is 33.2 Å². The zero-order chi connectivity index (χ0) is 15.2. The number of aliphatic imine (C=N–C) groups is 1. The lowest BCUT2D eigenvalue weighted by Crippen LogP contribution is -2.40. The van der Waals surface area contributed by atoms with Crippen LogP contribution in [0.1, 0.15) is 25.7 Å². The third-order valence-electron chi connectivity index (χ3n) is 3.15. The number of amides is 1. The van der Waals surface area contributed by atoms with Gasteiger partial charge in [0, 0.05) is 20.1 Å². The van der Waals surface area contributed by atoms with Gasteiger partial charge in [0.05, 0.1) is 0 Å². The van der Waals surface area contributed by atoms with Crippen molar-refractivity contribution in [2.24, 2.45) is 10.7 Å². The molecule has 0 saturated carbocycles. The van der Waals surface area contributed by atoms with E-state index in [9.17, 15) is 18.0 Å². The number of hydrogen-bond acceptors (Lipinski definition) is 2. The van der Waals surface area contributed by atoms with Gasteiger partial charge < -0.3 is 15.5 Å². The Kier molecular flexibility index (Phi) is 8.98. The lowest BCUT2D eigenvalue weighted by atomic mass is 10.2. The molecule has 9 heteroatoms. The first-order valence-corrected chi connectivity index (χ1v) is 6.65. The van der Waals surface area contributed by atoms with Gasteiger partial charge in [0.25, 0.3) is 0 Å². The number of rotatable bonds is 3. The molecule has 0 aromatic heterocycles. The highest BCUT2D eigenvalue weighted by Crippen LogP contribution is 2.15. The Morgan fingerprint density at radius 3 is 2.24 bits per heavy atom. The second-order valence-electron chi connectivity index (χ2n) is 4.94. The minimum absolute atomic E-state index is 0. The molecule has 0 unspecified atom stereocenters. The van der Waals surface area contributed by atoms with Gasteiger partial charge in [-0.15, -0.1) is 24.0 Å². The predicted octanol–water partition coefficient (Wildman–Crippen LogP) is 1.82. The summed E-state index contributed by atoms with van der Waals surface area (Å²) in [6.07, 6.45) is -0.102. The van der Waals surface area contributed by atoms with Crippen molar-refractivity contribution in [1.82, 2.24) is 9.80 Å². The summed E-state index contributed by atoms with van der Waals surface area (Å²) in [7, 11) is 1.10. The average molecular weight is 422 g/mol. The fraction of sp³-hybridized carbons (Fsp3) is 0.833. The maximum absolute atomic E-state index is 12.1. The van der Waals surface area contributed by atoms with Gasteiger partial charge in [-0.1, -0.05) is 12.8 Å². The number of likely N-dealkylation sites (tertiary alicyclic amines) is 1. The van der Waals surface area contributed by atoms with Crippen LogP contribution < -0.4 is 5.73 Å². The van der Waals surface area contributed by atoms with Crippen LogP contribution in [0.5, 0.6) is 0 Å². The highest BCUT2D eigenvalue weighted by molar-refractivity contribution is 14.0. The van der Waals surface area contributed by atoms with Gasteiger partial charge >= 0.3 is 6.18 Å². The summed E-state index contributed by atoms with van der Waals surface area (Å²) in [6, 6.07) is 0. The van der Waals surface area contributed by atoms with Gasteiger partial charge in [-0.3, -0.25) is 4.79 Å². The number of guanidine groups is 1. The molecule has 21 heavy (non-hydrogen) atoms. The van der Waals surface area contributed by atoms with Crippen LogP contribution in [-0.4, -0.2) is 61.1 Å². The number of carbonyl (C=O) groups is 1. The fourth-order valence-electron chi connectivity index (χ4n) is 2.03. The number of hydrogen-bond donors (Lipinski definition) is 1. The van der Waals surface area contributed by atoms with Crippen molar-refractivity contribution >= 4 is 35.8 Å². The van der Waals surface area contributed by atoms with Gasteiger partial charge in [-0.05, 0) is 12.8 Å². The third kappa shape index (κ3) is 8.32. The first kappa shape index (κ1) is 20.3. The molecule has 1 amide bonds. The van der Waals surface area contributed by atoms with E-state index < -0.39 is 18.6 Å². The Morgan fingerprint density at radius 1 is 1.24 bits per heavy atom. The monoisotopic (exact) mass is 422 g/mol. The Hall–Kier alpha value is -0.740. The van der Waals surface area contributed by atoms with E-state index in [-0.39, 0.29) is 36.5 Å². The van der Waals surface area contributed by atoms with E-state index >= 15 is 0 Å². The molecule has 1 saturated heterocycles. The van der Waals surface area contributed by atoms with Crippen molar-refractivity contribution in [3.05, 3.63) is 0 Å². The van der Waals surface area contributed by atoms with Crippen molar-refractivity contribution in [1.29, 1.82) is 0 Å². The predicted molar refractivity (Wildman–Crippen MR) is 85.6 cm³/mol. The second kappa shape index (κ2) is 9.31. The van der Waals surface area contributed by atoms with E-state index in [1.54, 1.807) is 0 Å². The van der Waals surface area contributed by atoms with Gasteiger partial charge in [-0.25, -0.2) is 4.99 Å². The molecule has 1 heterocycles. The maximum Gasteiger partial charge on any atom is 0.406 e. The van der Waals surface area contributed by atoms with Crippen LogP contribution in [-0.2, 0) is 4.79 Å². The molecule has 0 radical (unpaired) electrons. The minimum Gasteiger partial charge on any atom is -0.370 e. The first-order chi connectivity index (χ1) is 9.29. The Balaban J connectivity index is 0.00000400. The average Bonchev–Trinajstić information content (AvgIpc) is 2.62. The second-order valence-corrected chi connectivity index (χ2v) is 4.94. The van der Waals surface area contributed by atoms with Crippen LogP contribution in [0.15, 0.2) is 4.99 Å². The van der Waals surface area contributed by atoms with Gasteiger partial charge in [0.2, 0.25) is 5.91 Å². The van der Waals surface area contributed by atoms with E-state index in [1.165, 1.54) is 0 Å². The molecule has 1 aliphatic heterocycles. The zero-order valence-corrected chi connectivity index (χ0v) is 14.4. The number of alkyl halides is 3. The Morgan fingerprint density at radius 2 is 1.76 bits per heavy atom. The highest BCUT2D eigenvalue weighted by Gasteiger charge is 2.31. The van der Waals surface area contributed by atoms with Gasteiger partial charge in [0.15, 0.2) is 5.96 Å². The molecule has 5 nitrogen and oxygen atoms in total. The smallest absolute Gasteiger partial charge is 0.370 e. The van der Waals surface area contributed by atoms with Crippen LogP contribution in [0, 0.1) is 0 Å². The summed E-state index contributed by atoms with van der Waals surface area (Å²) in [6.45, 7) is -0.0658. The number of nitrogens with zero attached hydrogens (tertiary/aromatic N) is 3. The SMILES string of the molecule is CN(CC(F)(F)F)C(=O)CN=C(N)N1CCCCCC1.I. The van der Waals surface area contributed by atoms with Crippen LogP contribution in [0.4, 0.5) is 13.2 Å². The number of carbonyl (C=O) groups excluding carboxylic acids is 1. The molecule has 1 rings (SSSR count). The largest absolute Gasteiger partial charge is 0.406 e. The number of likely N-dealkylation sites (N-methyl/N-ethyl adjacent to an activating group) is 1.